The van der Waals surface area contributed by atoms with Gasteiger partial charge in [0.1, 0.15) is 5.82 Å². The first kappa shape index (κ1) is 11.2. The molecule has 0 fully saturated rings. The lowest BCUT2D eigenvalue weighted by Gasteiger charge is -2.08. The van der Waals surface area contributed by atoms with Crippen molar-refractivity contribution >= 4 is 27.7 Å². The molecule has 0 saturated carbocycles. The summed E-state index contributed by atoms with van der Waals surface area (Å²) >= 11 is 3.31. The molecule has 0 radical (unpaired) electrons. The van der Waals surface area contributed by atoms with Gasteiger partial charge in [0.15, 0.2) is 0 Å². The lowest BCUT2D eigenvalue weighted by Crippen LogP contribution is -2.20. The molecule has 1 aromatic rings. The van der Waals surface area contributed by atoms with Gasteiger partial charge in [0, 0.05) is 16.6 Å². The summed E-state index contributed by atoms with van der Waals surface area (Å²) in [5.74, 6) is 0.624. The number of nitrogens with zero attached hydrogens (tertiary/aromatic N) is 1. The molecule has 1 N–H and O–H groups in total. The Morgan fingerprint density at radius 2 is 2.43 bits per heavy atom. The molecule has 0 aliphatic carbocycles. The summed E-state index contributed by atoms with van der Waals surface area (Å²) in [7, 11) is 0. The molecular formula is C10H13BrN2O. The number of amides is 1. The van der Waals surface area contributed by atoms with Crippen molar-refractivity contribution in [3.63, 3.8) is 0 Å². The molecule has 1 rings (SSSR count). The molecule has 0 aliphatic rings. The molecule has 1 aromatic heterocycles. The zero-order valence-electron chi connectivity index (χ0n) is 8.25. The Morgan fingerprint density at radius 1 is 1.71 bits per heavy atom. The van der Waals surface area contributed by atoms with E-state index in [9.17, 15) is 4.79 Å². The van der Waals surface area contributed by atoms with E-state index in [1.807, 2.05) is 19.9 Å². The maximum atomic E-state index is 11.5. The third-order valence-corrected chi connectivity index (χ3v) is 2.53. The van der Waals surface area contributed by atoms with Crippen LogP contribution >= 0.6 is 15.9 Å². The van der Waals surface area contributed by atoms with Gasteiger partial charge < -0.3 is 5.32 Å². The normalized spacial score (nSPS) is 12.2. The van der Waals surface area contributed by atoms with Crippen LogP contribution in [-0.2, 0) is 4.79 Å². The number of rotatable bonds is 3. The van der Waals surface area contributed by atoms with Gasteiger partial charge in [0.05, 0.1) is 0 Å². The quantitative estimate of drug-likeness (QED) is 0.904. The zero-order chi connectivity index (χ0) is 10.6. The highest BCUT2D eigenvalue weighted by Crippen LogP contribution is 2.13. The van der Waals surface area contributed by atoms with E-state index in [1.165, 1.54) is 0 Å². The van der Waals surface area contributed by atoms with Crippen LogP contribution in [0.25, 0.3) is 0 Å². The fourth-order valence-electron chi connectivity index (χ4n) is 0.908. The number of halogens is 1. The lowest BCUT2D eigenvalue weighted by molar-refractivity contribution is -0.119. The Kier molecular flexibility index (Phi) is 4.07. The molecular weight excluding hydrogens is 244 g/mol. The van der Waals surface area contributed by atoms with E-state index in [0.29, 0.717) is 5.82 Å². The molecule has 0 spiro atoms. The maximum Gasteiger partial charge on any atom is 0.228 e. The average molecular weight is 257 g/mol. The molecule has 1 unspecified atom stereocenters. The van der Waals surface area contributed by atoms with Crippen molar-refractivity contribution in [2.45, 2.75) is 20.3 Å². The number of aromatic nitrogens is 1. The Balaban J connectivity index is 2.65. The van der Waals surface area contributed by atoms with Crippen molar-refractivity contribution in [2.75, 3.05) is 5.32 Å². The molecule has 14 heavy (non-hydrogen) atoms. The predicted octanol–water partition coefficient (Wildman–Crippen LogP) is 2.83. The van der Waals surface area contributed by atoms with Crippen LogP contribution in [0.1, 0.15) is 20.3 Å². The van der Waals surface area contributed by atoms with Gasteiger partial charge in [-0.25, -0.2) is 4.98 Å². The number of carbonyl (C=O) groups is 1. The fraction of sp³-hybridized carbons (Fsp3) is 0.400. The molecule has 0 saturated heterocycles. The molecule has 0 aromatic carbocycles. The molecule has 1 atom stereocenters. The van der Waals surface area contributed by atoms with E-state index >= 15 is 0 Å². The summed E-state index contributed by atoms with van der Waals surface area (Å²) < 4.78 is 0.909. The Morgan fingerprint density at radius 3 is 3.00 bits per heavy atom. The number of nitrogens with one attached hydrogen (secondary N) is 1. The first-order valence-corrected chi connectivity index (χ1v) is 5.35. The molecule has 0 aliphatic heterocycles. The highest BCUT2D eigenvalue weighted by molar-refractivity contribution is 9.10. The second-order valence-electron chi connectivity index (χ2n) is 3.16. The van der Waals surface area contributed by atoms with Crippen LogP contribution in [0.3, 0.4) is 0 Å². The molecule has 76 valence electrons. The molecule has 4 heteroatoms. The Labute approximate surface area is 92.1 Å². The fourth-order valence-corrected chi connectivity index (χ4v) is 1.24. The number of anilines is 1. The first-order chi connectivity index (χ1) is 6.63. The van der Waals surface area contributed by atoms with Gasteiger partial charge in [-0.2, -0.15) is 0 Å². The Hall–Kier alpha value is -0.900. The molecule has 0 bridgehead atoms. The summed E-state index contributed by atoms with van der Waals surface area (Å²) in [4.78, 5) is 15.5. The number of pyridine rings is 1. The topological polar surface area (TPSA) is 42.0 Å². The van der Waals surface area contributed by atoms with Crippen molar-refractivity contribution in [3.8, 4) is 0 Å². The van der Waals surface area contributed by atoms with Gasteiger partial charge in [-0.3, -0.25) is 4.79 Å². The van der Waals surface area contributed by atoms with Gasteiger partial charge in [-0.05, 0) is 18.6 Å². The van der Waals surface area contributed by atoms with Gasteiger partial charge in [-0.1, -0.05) is 29.8 Å². The van der Waals surface area contributed by atoms with Crippen LogP contribution in [0.15, 0.2) is 22.8 Å². The second kappa shape index (κ2) is 5.10. The second-order valence-corrected chi connectivity index (χ2v) is 4.07. The highest BCUT2D eigenvalue weighted by Gasteiger charge is 2.10. The summed E-state index contributed by atoms with van der Waals surface area (Å²) in [6.07, 6.45) is 2.48. The number of hydrogen-bond donors (Lipinski definition) is 1. The Bertz CT molecular complexity index is 328. The third-order valence-electron chi connectivity index (χ3n) is 2.03. The van der Waals surface area contributed by atoms with E-state index in [2.05, 4.69) is 26.2 Å². The van der Waals surface area contributed by atoms with Crippen LogP contribution in [0, 0.1) is 5.92 Å². The number of carbonyl (C=O) groups excluding carboxylic acids is 1. The van der Waals surface area contributed by atoms with Crippen molar-refractivity contribution in [2.24, 2.45) is 5.92 Å². The summed E-state index contributed by atoms with van der Waals surface area (Å²) in [6.45, 7) is 3.88. The minimum absolute atomic E-state index is 0.0121. The minimum Gasteiger partial charge on any atom is -0.310 e. The first-order valence-electron chi connectivity index (χ1n) is 4.56. The summed E-state index contributed by atoms with van der Waals surface area (Å²) in [6, 6.07) is 3.60. The van der Waals surface area contributed by atoms with Gasteiger partial charge >= 0.3 is 0 Å². The third kappa shape index (κ3) is 3.10. The minimum atomic E-state index is 0.0121. The van der Waals surface area contributed by atoms with Crippen molar-refractivity contribution in [3.05, 3.63) is 22.8 Å². The zero-order valence-corrected chi connectivity index (χ0v) is 9.84. The van der Waals surface area contributed by atoms with Crippen molar-refractivity contribution < 1.29 is 4.79 Å². The number of hydrogen-bond acceptors (Lipinski definition) is 2. The van der Waals surface area contributed by atoms with Crippen LogP contribution in [-0.4, -0.2) is 10.9 Å². The van der Waals surface area contributed by atoms with E-state index < -0.39 is 0 Å². The van der Waals surface area contributed by atoms with E-state index in [0.717, 1.165) is 10.9 Å². The average Bonchev–Trinajstić information content (AvgIpc) is 2.16. The van der Waals surface area contributed by atoms with Gasteiger partial charge in [-0.15, -0.1) is 0 Å². The van der Waals surface area contributed by atoms with E-state index in [1.54, 1.807) is 12.3 Å². The maximum absolute atomic E-state index is 11.5. The highest BCUT2D eigenvalue weighted by atomic mass is 79.9. The monoisotopic (exact) mass is 256 g/mol. The smallest absolute Gasteiger partial charge is 0.228 e. The molecule has 1 amide bonds. The van der Waals surface area contributed by atoms with Crippen LogP contribution < -0.4 is 5.32 Å². The summed E-state index contributed by atoms with van der Waals surface area (Å²) in [5, 5.41) is 2.75. The van der Waals surface area contributed by atoms with E-state index in [4.69, 9.17) is 0 Å². The van der Waals surface area contributed by atoms with Gasteiger partial charge in [0.25, 0.3) is 0 Å². The standard InChI is InChI=1S/C10H13BrN2O/c1-3-7(2)10(14)13-9-6-8(11)4-5-12-9/h4-7H,3H2,1-2H3,(H,12,13,14). The van der Waals surface area contributed by atoms with E-state index in [-0.39, 0.29) is 11.8 Å². The molecule has 3 nitrogen and oxygen atoms in total. The van der Waals surface area contributed by atoms with Gasteiger partial charge in [0.2, 0.25) is 5.91 Å². The largest absolute Gasteiger partial charge is 0.310 e. The van der Waals surface area contributed by atoms with Crippen molar-refractivity contribution in [1.29, 1.82) is 0 Å². The predicted molar refractivity (Wildman–Crippen MR) is 60.0 cm³/mol. The lowest BCUT2D eigenvalue weighted by atomic mass is 10.1. The van der Waals surface area contributed by atoms with Crippen LogP contribution in [0.5, 0.6) is 0 Å². The molecule has 1 heterocycles. The summed E-state index contributed by atoms with van der Waals surface area (Å²) in [5.41, 5.74) is 0. The van der Waals surface area contributed by atoms with Crippen LogP contribution in [0.4, 0.5) is 5.82 Å². The SMILES string of the molecule is CCC(C)C(=O)Nc1cc(Br)ccn1. The van der Waals surface area contributed by atoms with Crippen LogP contribution in [0.2, 0.25) is 0 Å². The van der Waals surface area contributed by atoms with Crippen molar-refractivity contribution in [1.82, 2.24) is 4.98 Å².